The zero-order valence-electron chi connectivity index (χ0n) is 9.57. The lowest BCUT2D eigenvalue weighted by molar-refractivity contribution is 0.428. The second-order valence-electron chi connectivity index (χ2n) is 3.50. The monoisotopic (exact) mass is 323 g/mol. The molecule has 0 saturated heterocycles. The van der Waals surface area contributed by atoms with E-state index in [0.29, 0.717) is 13.1 Å². The highest BCUT2D eigenvalue weighted by Gasteiger charge is 2.22. The zero-order valence-corrected chi connectivity index (χ0v) is 12.0. The van der Waals surface area contributed by atoms with Crippen molar-refractivity contribution in [3.63, 3.8) is 0 Å². The molecule has 0 fully saturated rings. The summed E-state index contributed by atoms with van der Waals surface area (Å²) in [4.78, 5) is 0.00826. The van der Waals surface area contributed by atoms with Crippen LogP contribution in [0.25, 0.3) is 0 Å². The molecule has 0 aliphatic rings. The zero-order chi connectivity index (χ0) is 12.9. The summed E-state index contributed by atoms with van der Waals surface area (Å²) >= 11 is 3.26. The normalized spacial score (nSPS) is 12.0. The molecule has 0 saturated carbocycles. The van der Waals surface area contributed by atoms with Crippen molar-refractivity contribution in [1.82, 2.24) is 4.31 Å². The Morgan fingerprint density at radius 3 is 2.65 bits per heavy atom. The van der Waals surface area contributed by atoms with Gasteiger partial charge in [0.1, 0.15) is 5.82 Å². The van der Waals surface area contributed by atoms with Gasteiger partial charge in [-0.05, 0) is 24.6 Å². The molecule has 0 N–H and O–H groups in total. The fourth-order valence-electron chi connectivity index (χ4n) is 1.46. The maximum atomic E-state index is 13.0. The molecule has 0 aliphatic heterocycles. The van der Waals surface area contributed by atoms with E-state index in [1.54, 1.807) is 6.92 Å². The number of hydrogen-bond acceptors (Lipinski definition) is 2. The van der Waals surface area contributed by atoms with E-state index >= 15 is 0 Å². The molecule has 1 aromatic carbocycles. The summed E-state index contributed by atoms with van der Waals surface area (Å²) in [6.45, 7) is 2.58. The number of halogens is 2. The number of sulfonamides is 1. The van der Waals surface area contributed by atoms with Crippen molar-refractivity contribution < 1.29 is 12.8 Å². The Balaban J connectivity index is 3.00. The summed E-state index contributed by atoms with van der Waals surface area (Å²) in [5.41, 5.74) is 0. The summed E-state index contributed by atoms with van der Waals surface area (Å²) in [5, 5.41) is 0.738. The van der Waals surface area contributed by atoms with Crippen molar-refractivity contribution in [2.45, 2.75) is 18.2 Å². The Kier molecular flexibility index (Phi) is 5.55. The molecule has 0 heterocycles. The molecular weight excluding hydrogens is 309 g/mol. The summed E-state index contributed by atoms with van der Waals surface area (Å²) in [7, 11) is -3.57. The van der Waals surface area contributed by atoms with Gasteiger partial charge in [-0.1, -0.05) is 28.9 Å². The molecule has 0 atom stereocenters. The number of hydrogen-bond donors (Lipinski definition) is 0. The fourth-order valence-corrected chi connectivity index (χ4v) is 3.23. The summed E-state index contributed by atoms with van der Waals surface area (Å²) in [6, 6.07) is 5.09. The van der Waals surface area contributed by atoms with Crippen LogP contribution in [0.1, 0.15) is 13.3 Å². The highest BCUT2D eigenvalue weighted by molar-refractivity contribution is 9.09. The average Bonchev–Trinajstić information content (AvgIpc) is 2.30. The van der Waals surface area contributed by atoms with Gasteiger partial charge in [0.05, 0.1) is 4.90 Å². The van der Waals surface area contributed by atoms with E-state index in [1.807, 2.05) is 0 Å². The van der Waals surface area contributed by atoms with E-state index < -0.39 is 15.8 Å². The molecule has 1 rings (SSSR count). The number of rotatable bonds is 6. The van der Waals surface area contributed by atoms with Crippen LogP contribution in [-0.4, -0.2) is 31.1 Å². The van der Waals surface area contributed by atoms with Gasteiger partial charge in [0.2, 0.25) is 10.0 Å². The highest BCUT2D eigenvalue weighted by Crippen LogP contribution is 2.16. The Morgan fingerprint density at radius 1 is 1.41 bits per heavy atom. The Labute approximate surface area is 110 Å². The highest BCUT2D eigenvalue weighted by atomic mass is 79.9. The van der Waals surface area contributed by atoms with Crippen LogP contribution in [0.15, 0.2) is 29.2 Å². The molecule has 6 heteroatoms. The second-order valence-corrected chi connectivity index (χ2v) is 6.23. The van der Waals surface area contributed by atoms with Crippen molar-refractivity contribution in [3.05, 3.63) is 30.1 Å². The molecular formula is C11H15BrFNO2S. The van der Waals surface area contributed by atoms with Crippen LogP contribution in [0.3, 0.4) is 0 Å². The number of nitrogens with zero attached hydrogens (tertiary/aromatic N) is 1. The minimum absolute atomic E-state index is 0.00826. The van der Waals surface area contributed by atoms with E-state index in [2.05, 4.69) is 15.9 Å². The van der Waals surface area contributed by atoms with Crippen LogP contribution >= 0.6 is 15.9 Å². The van der Waals surface area contributed by atoms with Crippen LogP contribution < -0.4 is 0 Å². The first kappa shape index (κ1) is 14.6. The first-order valence-electron chi connectivity index (χ1n) is 5.34. The first-order chi connectivity index (χ1) is 8.02. The number of alkyl halides is 1. The third kappa shape index (κ3) is 3.76. The van der Waals surface area contributed by atoms with E-state index in [-0.39, 0.29) is 4.90 Å². The standard InChI is InChI=1S/C11H15BrFNO2S/c1-2-14(8-4-7-12)17(15,16)11-6-3-5-10(13)9-11/h3,5-6,9H,2,4,7-8H2,1H3. The van der Waals surface area contributed by atoms with Gasteiger partial charge in [-0.2, -0.15) is 4.31 Å². The lowest BCUT2D eigenvalue weighted by atomic mass is 10.4. The smallest absolute Gasteiger partial charge is 0.207 e. The SMILES string of the molecule is CCN(CCCBr)S(=O)(=O)c1cccc(F)c1. The van der Waals surface area contributed by atoms with E-state index in [0.717, 1.165) is 17.8 Å². The van der Waals surface area contributed by atoms with Crippen molar-refractivity contribution in [2.75, 3.05) is 18.4 Å². The predicted octanol–water partition coefficient (Wildman–Crippen LogP) is 2.62. The maximum Gasteiger partial charge on any atom is 0.243 e. The predicted molar refractivity (Wildman–Crippen MR) is 69.2 cm³/mol. The van der Waals surface area contributed by atoms with E-state index in [1.165, 1.54) is 22.5 Å². The van der Waals surface area contributed by atoms with Crippen molar-refractivity contribution in [1.29, 1.82) is 0 Å². The Bertz CT molecular complexity index is 464. The van der Waals surface area contributed by atoms with Crippen molar-refractivity contribution in [3.8, 4) is 0 Å². The summed E-state index contributed by atoms with van der Waals surface area (Å²) in [6.07, 6.45) is 0.725. The minimum Gasteiger partial charge on any atom is -0.207 e. The van der Waals surface area contributed by atoms with Gasteiger partial charge in [0.15, 0.2) is 0 Å². The van der Waals surface area contributed by atoms with Crippen LogP contribution in [0.2, 0.25) is 0 Å². The molecule has 0 aromatic heterocycles. The molecule has 96 valence electrons. The van der Waals surface area contributed by atoms with Gasteiger partial charge < -0.3 is 0 Å². The molecule has 0 spiro atoms. The molecule has 0 bridgehead atoms. The average molecular weight is 324 g/mol. The third-order valence-electron chi connectivity index (χ3n) is 2.33. The van der Waals surface area contributed by atoms with Crippen LogP contribution in [0, 0.1) is 5.82 Å². The van der Waals surface area contributed by atoms with E-state index in [4.69, 9.17) is 0 Å². The molecule has 0 amide bonds. The lowest BCUT2D eigenvalue weighted by Crippen LogP contribution is -2.32. The van der Waals surface area contributed by atoms with Crippen LogP contribution in [0.4, 0.5) is 4.39 Å². The van der Waals surface area contributed by atoms with Crippen LogP contribution in [0.5, 0.6) is 0 Å². The first-order valence-corrected chi connectivity index (χ1v) is 7.90. The van der Waals surface area contributed by atoms with Gasteiger partial charge in [-0.3, -0.25) is 0 Å². The fraction of sp³-hybridized carbons (Fsp3) is 0.455. The minimum atomic E-state index is -3.57. The molecule has 0 unspecified atom stereocenters. The van der Waals surface area contributed by atoms with E-state index in [9.17, 15) is 12.8 Å². The van der Waals surface area contributed by atoms with Crippen molar-refractivity contribution >= 4 is 26.0 Å². The lowest BCUT2D eigenvalue weighted by Gasteiger charge is -2.19. The summed E-state index contributed by atoms with van der Waals surface area (Å²) < 4.78 is 38.7. The van der Waals surface area contributed by atoms with Gasteiger partial charge in [0.25, 0.3) is 0 Å². The quantitative estimate of drug-likeness (QED) is 0.755. The summed E-state index contributed by atoms with van der Waals surface area (Å²) in [5.74, 6) is -0.539. The van der Waals surface area contributed by atoms with Crippen LogP contribution in [-0.2, 0) is 10.0 Å². The molecule has 1 aromatic rings. The Hall–Kier alpha value is -0.460. The second kappa shape index (κ2) is 6.47. The maximum absolute atomic E-state index is 13.0. The van der Waals surface area contributed by atoms with Gasteiger partial charge in [-0.15, -0.1) is 0 Å². The topological polar surface area (TPSA) is 37.4 Å². The largest absolute Gasteiger partial charge is 0.243 e. The van der Waals surface area contributed by atoms with Gasteiger partial charge in [0, 0.05) is 18.4 Å². The molecule has 0 aliphatic carbocycles. The molecule has 0 radical (unpaired) electrons. The Morgan fingerprint density at radius 2 is 2.12 bits per heavy atom. The van der Waals surface area contributed by atoms with Gasteiger partial charge >= 0.3 is 0 Å². The molecule has 3 nitrogen and oxygen atoms in total. The molecule has 17 heavy (non-hydrogen) atoms. The van der Waals surface area contributed by atoms with Gasteiger partial charge in [-0.25, -0.2) is 12.8 Å². The third-order valence-corrected chi connectivity index (χ3v) is 4.86. The van der Waals surface area contributed by atoms with Crippen molar-refractivity contribution in [2.24, 2.45) is 0 Å². The number of benzene rings is 1.